The lowest BCUT2D eigenvalue weighted by atomic mass is 10.3. The Balaban J connectivity index is 2.00. The molecule has 1 N–H and O–H groups in total. The van der Waals surface area contributed by atoms with Gasteiger partial charge in [-0.3, -0.25) is 0 Å². The highest BCUT2D eigenvalue weighted by atomic mass is 35.5. The molecule has 3 nitrogen and oxygen atoms in total. The quantitative estimate of drug-likeness (QED) is 0.843. The Kier molecular flexibility index (Phi) is 4.94. The lowest BCUT2D eigenvalue weighted by Crippen LogP contribution is -2.37. The molecule has 1 fully saturated rings. The number of halogens is 2. The maximum absolute atomic E-state index is 12.2. The van der Waals surface area contributed by atoms with Crippen molar-refractivity contribution in [2.45, 2.75) is 26.2 Å². The van der Waals surface area contributed by atoms with E-state index in [1.165, 1.54) is 12.8 Å². The summed E-state index contributed by atoms with van der Waals surface area (Å²) in [4.78, 5) is 14.1. The summed E-state index contributed by atoms with van der Waals surface area (Å²) in [5.74, 6) is 0.679. The van der Waals surface area contributed by atoms with Crippen molar-refractivity contribution >= 4 is 34.9 Å². The van der Waals surface area contributed by atoms with Gasteiger partial charge in [-0.25, -0.2) is 4.79 Å². The van der Waals surface area contributed by atoms with Crippen LogP contribution in [-0.4, -0.2) is 24.0 Å². The molecule has 0 bridgehead atoms. The van der Waals surface area contributed by atoms with Crippen LogP contribution in [0.4, 0.5) is 10.5 Å². The summed E-state index contributed by atoms with van der Waals surface area (Å²) in [6.45, 7) is 3.68. The molecule has 0 atom stereocenters. The van der Waals surface area contributed by atoms with Crippen LogP contribution >= 0.6 is 23.2 Å². The molecular weight excluding hydrogens is 283 g/mol. The first-order valence-corrected chi connectivity index (χ1v) is 7.36. The van der Waals surface area contributed by atoms with Crippen molar-refractivity contribution in [1.29, 1.82) is 0 Å². The normalized spacial score (nSPS) is 14.3. The summed E-state index contributed by atoms with van der Waals surface area (Å²) in [5, 5.41) is 3.88. The fourth-order valence-corrected chi connectivity index (χ4v) is 2.40. The number of hydrogen-bond donors (Lipinski definition) is 1. The Bertz CT molecular complexity index is 461. The van der Waals surface area contributed by atoms with Crippen LogP contribution in [0.25, 0.3) is 0 Å². The van der Waals surface area contributed by atoms with E-state index in [4.69, 9.17) is 23.2 Å². The summed E-state index contributed by atoms with van der Waals surface area (Å²) < 4.78 is 0. The minimum Gasteiger partial charge on any atom is -0.324 e. The number of hydrogen-bond acceptors (Lipinski definition) is 1. The predicted molar refractivity (Wildman–Crippen MR) is 80.1 cm³/mol. The Morgan fingerprint density at radius 2 is 2.16 bits per heavy atom. The van der Waals surface area contributed by atoms with Crippen LogP contribution in [0.2, 0.25) is 10.0 Å². The molecule has 0 saturated heterocycles. The van der Waals surface area contributed by atoms with E-state index in [0.717, 1.165) is 19.5 Å². The van der Waals surface area contributed by atoms with Gasteiger partial charge >= 0.3 is 6.03 Å². The van der Waals surface area contributed by atoms with Crippen LogP contribution in [0.1, 0.15) is 26.2 Å². The molecule has 1 aromatic rings. The number of amides is 2. The topological polar surface area (TPSA) is 32.3 Å². The van der Waals surface area contributed by atoms with Gasteiger partial charge < -0.3 is 10.2 Å². The van der Waals surface area contributed by atoms with E-state index >= 15 is 0 Å². The molecule has 0 aliphatic heterocycles. The maximum Gasteiger partial charge on any atom is 0.321 e. The molecule has 2 amide bonds. The number of benzene rings is 1. The van der Waals surface area contributed by atoms with Crippen LogP contribution < -0.4 is 5.32 Å². The summed E-state index contributed by atoms with van der Waals surface area (Å²) in [7, 11) is 0. The van der Waals surface area contributed by atoms with Gasteiger partial charge in [0.15, 0.2) is 0 Å². The largest absolute Gasteiger partial charge is 0.324 e. The maximum atomic E-state index is 12.2. The molecule has 5 heteroatoms. The van der Waals surface area contributed by atoms with Gasteiger partial charge in [0, 0.05) is 18.1 Å². The first-order chi connectivity index (χ1) is 9.10. The molecule has 1 aliphatic rings. The SMILES string of the molecule is CCCN(CC1CC1)C(=O)Nc1ccc(Cl)cc1Cl. The van der Waals surface area contributed by atoms with E-state index in [1.54, 1.807) is 18.2 Å². The van der Waals surface area contributed by atoms with Gasteiger partial charge in [0.05, 0.1) is 10.7 Å². The first-order valence-electron chi connectivity index (χ1n) is 6.61. The summed E-state index contributed by atoms with van der Waals surface area (Å²) in [6.07, 6.45) is 3.42. The Hall–Kier alpha value is -0.930. The Morgan fingerprint density at radius 3 is 2.74 bits per heavy atom. The minimum atomic E-state index is -0.0852. The molecule has 19 heavy (non-hydrogen) atoms. The van der Waals surface area contributed by atoms with Crippen molar-refractivity contribution < 1.29 is 4.79 Å². The molecule has 1 aliphatic carbocycles. The standard InChI is InChI=1S/C14H18Cl2N2O/c1-2-7-18(9-10-3-4-10)14(19)17-13-6-5-11(15)8-12(13)16/h5-6,8,10H,2-4,7,9H2,1H3,(H,17,19). The molecule has 0 unspecified atom stereocenters. The van der Waals surface area contributed by atoms with Gasteiger partial charge in [0.2, 0.25) is 0 Å². The molecular formula is C14H18Cl2N2O. The average molecular weight is 301 g/mol. The van der Waals surface area contributed by atoms with Crippen LogP contribution in [-0.2, 0) is 0 Å². The summed E-state index contributed by atoms with van der Waals surface area (Å²) in [5.41, 5.74) is 0.605. The molecule has 0 radical (unpaired) electrons. The second-order valence-corrected chi connectivity index (χ2v) is 5.79. The van der Waals surface area contributed by atoms with Gasteiger partial charge in [-0.1, -0.05) is 30.1 Å². The third-order valence-corrected chi connectivity index (χ3v) is 3.68. The average Bonchev–Trinajstić information content (AvgIpc) is 3.16. The highest BCUT2D eigenvalue weighted by Gasteiger charge is 2.26. The third-order valence-electron chi connectivity index (χ3n) is 3.13. The zero-order valence-electron chi connectivity index (χ0n) is 11.0. The molecule has 0 aromatic heterocycles. The molecule has 104 valence electrons. The van der Waals surface area contributed by atoms with Crippen molar-refractivity contribution in [3.63, 3.8) is 0 Å². The van der Waals surface area contributed by atoms with Crippen molar-refractivity contribution in [3.05, 3.63) is 28.2 Å². The molecule has 0 heterocycles. The Morgan fingerprint density at radius 1 is 1.42 bits per heavy atom. The number of anilines is 1. The second kappa shape index (κ2) is 6.49. The number of carbonyl (C=O) groups is 1. The number of carbonyl (C=O) groups excluding carboxylic acids is 1. The zero-order valence-corrected chi connectivity index (χ0v) is 12.5. The van der Waals surface area contributed by atoms with Crippen LogP contribution in [0.3, 0.4) is 0 Å². The Labute approximate surface area is 123 Å². The lowest BCUT2D eigenvalue weighted by Gasteiger charge is -2.22. The van der Waals surface area contributed by atoms with Crippen molar-refractivity contribution in [2.75, 3.05) is 18.4 Å². The number of nitrogens with zero attached hydrogens (tertiary/aromatic N) is 1. The van der Waals surface area contributed by atoms with E-state index < -0.39 is 0 Å². The first kappa shape index (κ1) is 14.5. The van der Waals surface area contributed by atoms with Gasteiger partial charge in [-0.15, -0.1) is 0 Å². The van der Waals surface area contributed by atoms with Gasteiger partial charge in [0.1, 0.15) is 0 Å². The van der Waals surface area contributed by atoms with Gasteiger partial charge in [0.25, 0.3) is 0 Å². The molecule has 0 spiro atoms. The number of urea groups is 1. The van der Waals surface area contributed by atoms with Gasteiger partial charge in [-0.2, -0.15) is 0 Å². The second-order valence-electron chi connectivity index (χ2n) is 4.94. The molecule has 1 aromatic carbocycles. The summed E-state index contributed by atoms with van der Waals surface area (Å²) >= 11 is 11.9. The van der Waals surface area contributed by atoms with Crippen molar-refractivity contribution in [2.24, 2.45) is 5.92 Å². The molecule has 1 saturated carbocycles. The fourth-order valence-electron chi connectivity index (χ4n) is 1.94. The predicted octanol–water partition coefficient (Wildman–Crippen LogP) is 4.65. The fraction of sp³-hybridized carbons (Fsp3) is 0.500. The van der Waals surface area contributed by atoms with E-state index in [1.807, 2.05) is 4.90 Å². The van der Waals surface area contributed by atoms with Crippen LogP contribution in [0, 0.1) is 5.92 Å². The zero-order chi connectivity index (χ0) is 13.8. The lowest BCUT2D eigenvalue weighted by molar-refractivity contribution is 0.209. The van der Waals surface area contributed by atoms with E-state index in [9.17, 15) is 4.79 Å². The van der Waals surface area contributed by atoms with Gasteiger partial charge in [-0.05, 0) is 43.4 Å². The van der Waals surface area contributed by atoms with E-state index in [0.29, 0.717) is 21.7 Å². The van der Waals surface area contributed by atoms with Crippen molar-refractivity contribution in [1.82, 2.24) is 4.90 Å². The summed E-state index contributed by atoms with van der Waals surface area (Å²) in [6, 6.07) is 4.99. The number of rotatable bonds is 5. The van der Waals surface area contributed by atoms with E-state index in [-0.39, 0.29) is 6.03 Å². The van der Waals surface area contributed by atoms with Crippen molar-refractivity contribution in [3.8, 4) is 0 Å². The van der Waals surface area contributed by atoms with Crippen LogP contribution in [0.5, 0.6) is 0 Å². The number of nitrogens with one attached hydrogen (secondary N) is 1. The smallest absolute Gasteiger partial charge is 0.321 e. The highest BCUT2D eigenvalue weighted by molar-refractivity contribution is 6.36. The van der Waals surface area contributed by atoms with Crippen LogP contribution in [0.15, 0.2) is 18.2 Å². The minimum absolute atomic E-state index is 0.0852. The third kappa shape index (κ3) is 4.29. The van der Waals surface area contributed by atoms with E-state index in [2.05, 4.69) is 12.2 Å². The highest BCUT2D eigenvalue weighted by Crippen LogP contribution is 2.30. The monoisotopic (exact) mass is 300 g/mol. The molecule has 2 rings (SSSR count).